The molecule has 2 N–H and O–H groups in total. The number of rotatable bonds is 13. The molecule has 0 aliphatic rings. The Kier molecular flexibility index (Phi) is 11.1. The first-order valence-corrected chi connectivity index (χ1v) is 7.92. The molecule has 2 unspecified atom stereocenters. The molecule has 0 spiro atoms. The summed E-state index contributed by atoms with van der Waals surface area (Å²) < 4.78 is 0. The van der Waals surface area contributed by atoms with Gasteiger partial charge in [-0.2, -0.15) is 0 Å². The Morgan fingerprint density at radius 2 is 1.45 bits per heavy atom. The molecule has 0 saturated carbocycles. The molecule has 0 fully saturated rings. The number of hydrogen-bond acceptors (Lipinski definition) is 2. The Hall–Kier alpha value is -1.06. The predicted octanol–water partition coefficient (Wildman–Crippen LogP) is 4.33. The number of hydrogen-bond donors (Lipinski definition) is 2. The molecular weight excluding hydrogens is 256 g/mol. The molecule has 0 heterocycles. The first kappa shape index (κ1) is 18.9. The molecule has 118 valence electrons. The molecule has 4 heteroatoms. The van der Waals surface area contributed by atoms with E-state index in [0.717, 1.165) is 44.9 Å². The van der Waals surface area contributed by atoms with Crippen LogP contribution in [0.3, 0.4) is 0 Å². The molecule has 0 rings (SSSR count). The minimum absolute atomic E-state index is 0.230. The number of carboxylic acids is 2. The van der Waals surface area contributed by atoms with E-state index in [1.165, 1.54) is 12.8 Å². The maximum Gasteiger partial charge on any atom is 0.306 e. The van der Waals surface area contributed by atoms with Gasteiger partial charge < -0.3 is 10.2 Å². The van der Waals surface area contributed by atoms with Crippen LogP contribution in [0.4, 0.5) is 0 Å². The van der Waals surface area contributed by atoms with E-state index >= 15 is 0 Å². The van der Waals surface area contributed by atoms with Crippen molar-refractivity contribution >= 4 is 11.9 Å². The molecule has 0 aromatic heterocycles. The highest BCUT2D eigenvalue weighted by atomic mass is 16.4. The van der Waals surface area contributed by atoms with E-state index in [9.17, 15) is 9.59 Å². The van der Waals surface area contributed by atoms with E-state index < -0.39 is 11.9 Å². The standard InChI is InChI=1S/C16H30O4/c1-3-14(10-5-4-6-12-15(17)18)11-8-7-9-13(2)16(19)20/h13-14H,3-12H2,1-2H3,(H,17,18)(H,19,20). The topological polar surface area (TPSA) is 74.6 Å². The molecule has 0 saturated heterocycles. The number of carboxylic acid groups (broad SMARTS) is 2. The second kappa shape index (κ2) is 11.7. The Bertz CT molecular complexity index is 276. The largest absolute Gasteiger partial charge is 0.481 e. The summed E-state index contributed by atoms with van der Waals surface area (Å²) >= 11 is 0. The van der Waals surface area contributed by atoms with Gasteiger partial charge in [0.25, 0.3) is 0 Å². The van der Waals surface area contributed by atoms with Gasteiger partial charge in [0.05, 0.1) is 5.92 Å². The van der Waals surface area contributed by atoms with Gasteiger partial charge in [-0.15, -0.1) is 0 Å². The van der Waals surface area contributed by atoms with Crippen LogP contribution in [0, 0.1) is 11.8 Å². The Balaban J connectivity index is 3.56. The van der Waals surface area contributed by atoms with Gasteiger partial charge in [-0.3, -0.25) is 9.59 Å². The fourth-order valence-electron chi connectivity index (χ4n) is 2.45. The smallest absolute Gasteiger partial charge is 0.306 e. The van der Waals surface area contributed by atoms with Gasteiger partial charge in [0, 0.05) is 6.42 Å². The van der Waals surface area contributed by atoms with Gasteiger partial charge in [-0.1, -0.05) is 58.8 Å². The Morgan fingerprint density at radius 3 is 1.95 bits per heavy atom. The van der Waals surface area contributed by atoms with Crippen LogP contribution in [-0.4, -0.2) is 22.2 Å². The quantitative estimate of drug-likeness (QED) is 0.494. The lowest BCUT2D eigenvalue weighted by atomic mass is 9.91. The molecule has 0 aromatic rings. The lowest BCUT2D eigenvalue weighted by Crippen LogP contribution is -2.09. The highest BCUT2D eigenvalue weighted by Gasteiger charge is 2.11. The molecule has 0 bridgehead atoms. The number of aliphatic carboxylic acids is 2. The van der Waals surface area contributed by atoms with Crippen LogP contribution in [0.25, 0.3) is 0 Å². The van der Waals surface area contributed by atoms with Crippen molar-refractivity contribution in [2.45, 2.75) is 78.1 Å². The van der Waals surface area contributed by atoms with Gasteiger partial charge in [0.1, 0.15) is 0 Å². The van der Waals surface area contributed by atoms with Crippen molar-refractivity contribution in [1.29, 1.82) is 0 Å². The summed E-state index contributed by atoms with van der Waals surface area (Å²) in [5.41, 5.74) is 0. The van der Waals surface area contributed by atoms with Crippen LogP contribution in [0.2, 0.25) is 0 Å². The summed E-state index contributed by atoms with van der Waals surface area (Å²) in [6.07, 6.45) is 9.53. The third-order valence-electron chi connectivity index (χ3n) is 4.00. The van der Waals surface area contributed by atoms with Gasteiger partial charge in [0.15, 0.2) is 0 Å². The predicted molar refractivity (Wildman–Crippen MR) is 79.8 cm³/mol. The highest BCUT2D eigenvalue weighted by Crippen LogP contribution is 2.21. The van der Waals surface area contributed by atoms with Crippen molar-refractivity contribution < 1.29 is 19.8 Å². The van der Waals surface area contributed by atoms with E-state index in [0.29, 0.717) is 5.92 Å². The summed E-state index contributed by atoms with van der Waals surface area (Å²) in [5.74, 6) is -0.925. The van der Waals surface area contributed by atoms with Crippen LogP contribution in [0.5, 0.6) is 0 Å². The Morgan fingerprint density at radius 1 is 0.900 bits per heavy atom. The van der Waals surface area contributed by atoms with E-state index in [-0.39, 0.29) is 12.3 Å². The lowest BCUT2D eigenvalue weighted by Gasteiger charge is -2.14. The van der Waals surface area contributed by atoms with Crippen molar-refractivity contribution in [1.82, 2.24) is 0 Å². The van der Waals surface area contributed by atoms with Crippen LogP contribution in [-0.2, 0) is 9.59 Å². The zero-order valence-electron chi connectivity index (χ0n) is 12.9. The summed E-state index contributed by atoms with van der Waals surface area (Å²) in [6, 6.07) is 0. The van der Waals surface area contributed by atoms with Crippen molar-refractivity contribution in [3.05, 3.63) is 0 Å². The average molecular weight is 286 g/mol. The third-order valence-corrected chi connectivity index (χ3v) is 4.00. The minimum Gasteiger partial charge on any atom is -0.481 e. The molecule has 0 aliphatic heterocycles. The fraction of sp³-hybridized carbons (Fsp3) is 0.875. The highest BCUT2D eigenvalue weighted by molar-refractivity contribution is 5.69. The first-order chi connectivity index (χ1) is 9.47. The van der Waals surface area contributed by atoms with Crippen molar-refractivity contribution in [2.75, 3.05) is 0 Å². The van der Waals surface area contributed by atoms with E-state index in [2.05, 4.69) is 6.92 Å². The van der Waals surface area contributed by atoms with Crippen molar-refractivity contribution in [3.63, 3.8) is 0 Å². The van der Waals surface area contributed by atoms with Crippen molar-refractivity contribution in [3.8, 4) is 0 Å². The normalized spacial score (nSPS) is 13.9. The van der Waals surface area contributed by atoms with E-state index in [4.69, 9.17) is 10.2 Å². The first-order valence-electron chi connectivity index (χ1n) is 7.92. The van der Waals surface area contributed by atoms with Crippen LogP contribution >= 0.6 is 0 Å². The molecule has 0 aliphatic carbocycles. The zero-order valence-corrected chi connectivity index (χ0v) is 12.9. The third kappa shape index (κ3) is 10.8. The van der Waals surface area contributed by atoms with Crippen LogP contribution < -0.4 is 0 Å². The molecule has 0 radical (unpaired) electrons. The fourth-order valence-corrected chi connectivity index (χ4v) is 2.45. The summed E-state index contributed by atoms with van der Waals surface area (Å²) in [7, 11) is 0. The molecule has 0 amide bonds. The molecular formula is C16H30O4. The molecule has 0 aromatic carbocycles. The van der Waals surface area contributed by atoms with Gasteiger partial charge >= 0.3 is 11.9 Å². The average Bonchev–Trinajstić information content (AvgIpc) is 2.39. The van der Waals surface area contributed by atoms with Gasteiger partial charge in [0.2, 0.25) is 0 Å². The number of unbranched alkanes of at least 4 members (excludes halogenated alkanes) is 3. The van der Waals surface area contributed by atoms with Crippen LogP contribution in [0.1, 0.15) is 78.1 Å². The second-order valence-corrected chi connectivity index (χ2v) is 5.79. The SMILES string of the molecule is CCC(CCCCCC(=O)O)CCCCC(C)C(=O)O. The van der Waals surface area contributed by atoms with E-state index in [1.54, 1.807) is 6.92 Å². The number of carbonyl (C=O) groups is 2. The summed E-state index contributed by atoms with van der Waals surface area (Å²) in [6.45, 7) is 3.96. The van der Waals surface area contributed by atoms with E-state index in [1.807, 2.05) is 0 Å². The van der Waals surface area contributed by atoms with Crippen LogP contribution in [0.15, 0.2) is 0 Å². The monoisotopic (exact) mass is 286 g/mol. The summed E-state index contributed by atoms with van der Waals surface area (Å²) in [4.78, 5) is 21.1. The maximum atomic E-state index is 10.7. The molecule has 4 nitrogen and oxygen atoms in total. The summed E-state index contributed by atoms with van der Waals surface area (Å²) in [5, 5.41) is 17.4. The Labute approximate surface area is 122 Å². The van der Waals surface area contributed by atoms with Gasteiger partial charge in [-0.25, -0.2) is 0 Å². The zero-order chi connectivity index (χ0) is 15.4. The molecule has 2 atom stereocenters. The van der Waals surface area contributed by atoms with Crippen molar-refractivity contribution in [2.24, 2.45) is 11.8 Å². The lowest BCUT2D eigenvalue weighted by molar-refractivity contribution is -0.141. The molecule has 20 heavy (non-hydrogen) atoms. The maximum absolute atomic E-state index is 10.7. The second-order valence-electron chi connectivity index (χ2n) is 5.79. The minimum atomic E-state index is -0.704. The van der Waals surface area contributed by atoms with Gasteiger partial charge in [-0.05, 0) is 18.8 Å².